The van der Waals surface area contributed by atoms with Crippen LogP contribution in [-0.4, -0.2) is 66.0 Å². The SMILES string of the molecule is CN1CCCC[C@H]1C(=O)NC1CCCC12CN(C(=O)C(C)(C)F)C2. The van der Waals surface area contributed by atoms with Gasteiger partial charge in [-0.2, -0.15) is 0 Å². The summed E-state index contributed by atoms with van der Waals surface area (Å²) in [6.07, 6.45) is 6.21. The molecule has 3 aliphatic rings. The summed E-state index contributed by atoms with van der Waals surface area (Å²) < 4.78 is 13.9. The van der Waals surface area contributed by atoms with Crippen molar-refractivity contribution in [3.8, 4) is 0 Å². The molecule has 3 rings (SSSR count). The highest BCUT2D eigenvalue weighted by atomic mass is 19.1. The van der Waals surface area contributed by atoms with Crippen LogP contribution < -0.4 is 5.32 Å². The van der Waals surface area contributed by atoms with Crippen molar-refractivity contribution in [1.29, 1.82) is 0 Å². The molecule has 2 saturated heterocycles. The van der Waals surface area contributed by atoms with Gasteiger partial charge >= 0.3 is 0 Å². The second-order valence-corrected chi connectivity index (χ2v) is 8.44. The highest BCUT2D eigenvalue weighted by Crippen LogP contribution is 2.46. The lowest BCUT2D eigenvalue weighted by Crippen LogP contribution is -2.67. The quantitative estimate of drug-likeness (QED) is 0.852. The standard InChI is InChI=1S/C18H30FN3O2/c1-17(2,19)16(24)22-11-18(12-22)9-6-8-14(18)20-15(23)13-7-4-5-10-21(13)3/h13-14H,4-12H2,1-3H3,(H,20,23)/t13-,14?/m0/s1. The van der Waals surface area contributed by atoms with Crippen molar-refractivity contribution < 1.29 is 14.0 Å². The lowest BCUT2D eigenvalue weighted by Gasteiger charge is -2.52. The van der Waals surface area contributed by atoms with Gasteiger partial charge in [-0.3, -0.25) is 14.5 Å². The minimum Gasteiger partial charge on any atom is -0.351 e. The molecule has 0 aromatic rings. The Labute approximate surface area is 143 Å². The van der Waals surface area contributed by atoms with Crippen LogP contribution in [0.3, 0.4) is 0 Å². The molecular formula is C18H30FN3O2. The van der Waals surface area contributed by atoms with Gasteiger partial charge < -0.3 is 10.2 Å². The van der Waals surface area contributed by atoms with Crippen LogP contribution in [0.4, 0.5) is 4.39 Å². The molecule has 136 valence electrons. The molecule has 1 spiro atoms. The van der Waals surface area contributed by atoms with Crippen molar-refractivity contribution in [3.05, 3.63) is 0 Å². The molecule has 3 fully saturated rings. The van der Waals surface area contributed by atoms with Crippen molar-refractivity contribution in [2.45, 2.75) is 70.1 Å². The number of amides is 2. The number of hydrogen-bond donors (Lipinski definition) is 1. The van der Waals surface area contributed by atoms with Crippen LogP contribution in [0.5, 0.6) is 0 Å². The van der Waals surface area contributed by atoms with Gasteiger partial charge in [0.2, 0.25) is 5.91 Å². The monoisotopic (exact) mass is 339 g/mol. The second-order valence-electron chi connectivity index (χ2n) is 8.44. The van der Waals surface area contributed by atoms with Crippen LogP contribution >= 0.6 is 0 Å². The zero-order valence-electron chi connectivity index (χ0n) is 15.1. The molecule has 1 saturated carbocycles. The number of rotatable bonds is 3. The number of nitrogens with one attached hydrogen (secondary N) is 1. The van der Waals surface area contributed by atoms with Gasteiger partial charge in [0.1, 0.15) is 0 Å². The summed E-state index contributed by atoms with van der Waals surface area (Å²) in [5.74, 6) is -0.309. The first-order valence-electron chi connectivity index (χ1n) is 9.22. The van der Waals surface area contributed by atoms with Gasteiger partial charge in [-0.1, -0.05) is 12.8 Å². The Morgan fingerprint density at radius 1 is 1.17 bits per heavy atom. The van der Waals surface area contributed by atoms with E-state index in [1.54, 1.807) is 4.90 Å². The van der Waals surface area contributed by atoms with Crippen LogP contribution in [0.2, 0.25) is 0 Å². The highest BCUT2D eigenvalue weighted by Gasteiger charge is 2.55. The molecular weight excluding hydrogens is 309 g/mol. The van der Waals surface area contributed by atoms with E-state index in [-0.39, 0.29) is 23.4 Å². The first kappa shape index (κ1) is 17.6. The lowest BCUT2D eigenvalue weighted by molar-refractivity contribution is -0.156. The van der Waals surface area contributed by atoms with Crippen molar-refractivity contribution in [2.24, 2.45) is 5.41 Å². The fraction of sp³-hybridized carbons (Fsp3) is 0.889. The van der Waals surface area contributed by atoms with Gasteiger partial charge in [0, 0.05) is 24.5 Å². The van der Waals surface area contributed by atoms with Crippen molar-refractivity contribution in [1.82, 2.24) is 15.1 Å². The number of piperidine rings is 1. The molecule has 1 N–H and O–H groups in total. The van der Waals surface area contributed by atoms with Gasteiger partial charge in [-0.25, -0.2) is 4.39 Å². The van der Waals surface area contributed by atoms with Gasteiger partial charge in [0.15, 0.2) is 5.67 Å². The van der Waals surface area contributed by atoms with Gasteiger partial charge in [0.25, 0.3) is 5.91 Å². The van der Waals surface area contributed by atoms with E-state index in [9.17, 15) is 14.0 Å². The number of likely N-dealkylation sites (tertiary alicyclic amines) is 2. The largest absolute Gasteiger partial charge is 0.351 e. The maximum Gasteiger partial charge on any atom is 0.259 e. The normalized spacial score (nSPS) is 30.2. The summed E-state index contributed by atoms with van der Waals surface area (Å²) in [5.41, 5.74) is -1.85. The van der Waals surface area contributed by atoms with Crippen LogP contribution in [-0.2, 0) is 9.59 Å². The molecule has 5 nitrogen and oxygen atoms in total. The van der Waals surface area contributed by atoms with E-state index in [1.807, 2.05) is 7.05 Å². The maximum atomic E-state index is 13.9. The molecule has 2 heterocycles. The number of nitrogens with zero attached hydrogens (tertiary/aromatic N) is 2. The topological polar surface area (TPSA) is 52.7 Å². The number of hydrogen-bond acceptors (Lipinski definition) is 3. The number of halogens is 1. The van der Waals surface area contributed by atoms with Crippen molar-refractivity contribution in [2.75, 3.05) is 26.7 Å². The number of carbonyl (C=O) groups excluding carboxylic acids is 2. The van der Waals surface area contributed by atoms with Gasteiger partial charge in [-0.05, 0) is 53.1 Å². The molecule has 24 heavy (non-hydrogen) atoms. The zero-order valence-corrected chi connectivity index (χ0v) is 15.1. The van der Waals surface area contributed by atoms with Crippen LogP contribution in [0, 0.1) is 5.41 Å². The Kier molecular flexibility index (Phi) is 4.62. The predicted octanol–water partition coefficient (Wildman–Crippen LogP) is 1.72. The average Bonchev–Trinajstić information content (AvgIpc) is 2.88. The van der Waals surface area contributed by atoms with E-state index in [2.05, 4.69) is 10.2 Å². The fourth-order valence-corrected chi connectivity index (χ4v) is 4.65. The molecule has 2 aliphatic heterocycles. The third-order valence-electron chi connectivity index (χ3n) is 6.10. The van der Waals surface area contributed by atoms with Crippen LogP contribution in [0.15, 0.2) is 0 Å². The Bertz CT molecular complexity index is 511. The molecule has 0 radical (unpaired) electrons. The van der Waals surface area contributed by atoms with E-state index >= 15 is 0 Å². The van der Waals surface area contributed by atoms with Gasteiger partial charge in [-0.15, -0.1) is 0 Å². The average molecular weight is 339 g/mol. The summed E-state index contributed by atoms with van der Waals surface area (Å²) in [6.45, 7) is 4.75. The molecule has 0 bridgehead atoms. The third kappa shape index (κ3) is 3.17. The Morgan fingerprint density at radius 3 is 2.50 bits per heavy atom. The van der Waals surface area contributed by atoms with E-state index in [0.29, 0.717) is 13.1 Å². The van der Waals surface area contributed by atoms with Gasteiger partial charge in [0.05, 0.1) is 6.04 Å². The third-order valence-corrected chi connectivity index (χ3v) is 6.10. The van der Waals surface area contributed by atoms with E-state index in [1.165, 1.54) is 13.8 Å². The lowest BCUT2D eigenvalue weighted by atomic mass is 9.74. The first-order valence-corrected chi connectivity index (χ1v) is 9.22. The maximum absolute atomic E-state index is 13.9. The summed E-state index contributed by atoms with van der Waals surface area (Å²) in [5, 5.41) is 3.26. The van der Waals surface area contributed by atoms with Crippen LogP contribution in [0.1, 0.15) is 52.4 Å². The summed E-state index contributed by atoms with van der Waals surface area (Å²) in [6, 6.07) is 0.0890. The molecule has 6 heteroatoms. The predicted molar refractivity (Wildman–Crippen MR) is 90.3 cm³/mol. The summed E-state index contributed by atoms with van der Waals surface area (Å²) >= 11 is 0. The molecule has 1 aliphatic carbocycles. The summed E-state index contributed by atoms with van der Waals surface area (Å²) in [7, 11) is 2.01. The molecule has 0 aromatic carbocycles. The molecule has 2 amide bonds. The number of carbonyl (C=O) groups is 2. The van der Waals surface area contributed by atoms with Crippen molar-refractivity contribution >= 4 is 11.8 Å². The number of likely N-dealkylation sites (N-methyl/N-ethyl adjacent to an activating group) is 1. The van der Waals surface area contributed by atoms with E-state index < -0.39 is 11.6 Å². The Morgan fingerprint density at radius 2 is 1.88 bits per heavy atom. The molecule has 2 atom stereocenters. The van der Waals surface area contributed by atoms with Crippen molar-refractivity contribution in [3.63, 3.8) is 0 Å². The first-order chi connectivity index (χ1) is 11.2. The summed E-state index contributed by atoms with van der Waals surface area (Å²) in [4.78, 5) is 28.5. The smallest absolute Gasteiger partial charge is 0.259 e. The van der Waals surface area contributed by atoms with Crippen LogP contribution in [0.25, 0.3) is 0 Å². The molecule has 0 aromatic heterocycles. The van der Waals surface area contributed by atoms with E-state index in [4.69, 9.17) is 0 Å². The number of alkyl halides is 1. The Balaban J connectivity index is 1.59. The zero-order chi connectivity index (χ0) is 17.5. The minimum atomic E-state index is -1.82. The fourth-order valence-electron chi connectivity index (χ4n) is 4.65. The highest BCUT2D eigenvalue weighted by molar-refractivity contribution is 5.85. The minimum absolute atomic E-state index is 0.0287. The second kappa shape index (κ2) is 6.28. The van der Waals surface area contributed by atoms with E-state index in [0.717, 1.165) is 45.1 Å². The Hall–Kier alpha value is -1.17. The molecule has 1 unspecified atom stereocenters.